The van der Waals surface area contributed by atoms with E-state index in [4.69, 9.17) is 0 Å². The molecule has 1 atom stereocenters. The standard InChI is InChI=1S/C14H21BrN2O2S.ClH/c1-11-8-13(15)5-6-14(11)20(18,19)17-7-3-4-12(10-17)9-16-2;/h5-6,8,12,16H,3-4,7,9-10H2,1-2H3;1H. The minimum absolute atomic E-state index is 0. The van der Waals surface area contributed by atoms with Crippen molar-refractivity contribution in [2.75, 3.05) is 26.7 Å². The second kappa shape index (κ2) is 7.92. The highest BCUT2D eigenvalue weighted by Crippen LogP contribution is 2.27. The molecule has 1 unspecified atom stereocenters. The summed E-state index contributed by atoms with van der Waals surface area (Å²) < 4.78 is 28.1. The first kappa shape index (κ1) is 18.9. The van der Waals surface area contributed by atoms with E-state index in [2.05, 4.69) is 21.2 Å². The fourth-order valence-corrected chi connectivity index (χ4v) is 4.98. The Hall–Kier alpha value is -0.140. The van der Waals surface area contributed by atoms with Crippen LogP contribution in [0.25, 0.3) is 0 Å². The molecule has 7 heteroatoms. The van der Waals surface area contributed by atoms with Crippen LogP contribution >= 0.6 is 28.3 Å². The number of benzene rings is 1. The summed E-state index contributed by atoms with van der Waals surface area (Å²) in [6, 6.07) is 5.33. The fraction of sp³-hybridized carbons (Fsp3) is 0.571. The largest absolute Gasteiger partial charge is 0.319 e. The predicted molar refractivity (Wildman–Crippen MR) is 91.5 cm³/mol. The van der Waals surface area contributed by atoms with Crippen LogP contribution in [0.2, 0.25) is 0 Å². The average molecular weight is 398 g/mol. The molecule has 0 spiro atoms. The molecular weight excluding hydrogens is 376 g/mol. The van der Waals surface area contributed by atoms with Gasteiger partial charge in [-0.1, -0.05) is 15.9 Å². The molecule has 0 aromatic heterocycles. The van der Waals surface area contributed by atoms with E-state index in [1.165, 1.54) is 0 Å². The van der Waals surface area contributed by atoms with Crippen LogP contribution in [0, 0.1) is 12.8 Å². The number of nitrogens with zero attached hydrogens (tertiary/aromatic N) is 1. The van der Waals surface area contributed by atoms with Gasteiger partial charge in [0.1, 0.15) is 0 Å². The van der Waals surface area contributed by atoms with Gasteiger partial charge in [-0.2, -0.15) is 4.31 Å². The molecule has 1 N–H and O–H groups in total. The minimum atomic E-state index is -3.38. The lowest BCUT2D eigenvalue weighted by atomic mass is 10.00. The van der Waals surface area contributed by atoms with Gasteiger partial charge < -0.3 is 5.32 Å². The smallest absolute Gasteiger partial charge is 0.243 e. The normalized spacial score (nSPS) is 20.0. The summed E-state index contributed by atoms with van der Waals surface area (Å²) in [4.78, 5) is 0.422. The van der Waals surface area contributed by atoms with Crippen molar-refractivity contribution in [3.63, 3.8) is 0 Å². The maximum absolute atomic E-state index is 12.8. The molecule has 21 heavy (non-hydrogen) atoms. The number of sulfonamides is 1. The Labute approximate surface area is 141 Å². The molecule has 0 radical (unpaired) electrons. The number of hydrogen-bond acceptors (Lipinski definition) is 3. The molecule has 2 rings (SSSR count). The van der Waals surface area contributed by atoms with Crippen LogP contribution in [0.15, 0.2) is 27.6 Å². The lowest BCUT2D eigenvalue weighted by Gasteiger charge is -2.32. The van der Waals surface area contributed by atoms with Gasteiger partial charge in [-0.3, -0.25) is 0 Å². The zero-order valence-corrected chi connectivity index (χ0v) is 15.5. The average Bonchev–Trinajstić information content (AvgIpc) is 2.39. The van der Waals surface area contributed by atoms with Crippen LogP contribution in [0.1, 0.15) is 18.4 Å². The Morgan fingerprint density at radius 1 is 1.43 bits per heavy atom. The first-order valence-corrected chi connectivity index (χ1v) is 9.09. The first-order chi connectivity index (χ1) is 9.45. The zero-order valence-electron chi connectivity index (χ0n) is 12.3. The van der Waals surface area contributed by atoms with Crippen LogP contribution in [0.4, 0.5) is 0 Å². The van der Waals surface area contributed by atoms with E-state index < -0.39 is 10.0 Å². The molecule has 1 heterocycles. The molecule has 1 aromatic rings. The molecule has 1 fully saturated rings. The van der Waals surface area contributed by atoms with E-state index >= 15 is 0 Å². The highest BCUT2D eigenvalue weighted by atomic mass is 79.9. The van der Waals surface area contributed by atoms with Crippen LogP contribution in [-0.4, -0.2) is 39.4 Å². The Morgan fingerprint density at radius 3 is 2.76 bits per heavy atom. The summed E-state index contributed by atoms with van der Waals surface area (Å²) >= 11 is 3.37. The first-order valence-electron chi connectivity index (χ1n) is 6.86. The van der Waals surface area contributed by atoms with Gasteiger partial charge in [-0.15, -0.1) is 12.4 Å². The van der Waals surface area contributed by atoms with Crippen molar-refractivity contribution < 1.29 is 8.42 Å². The molecule has 0 aliphatic carbocycles. The molecule has 1 saturated heterocycles. The minimum Gasteiger partial charge on any atom is -0.319 e. The molecule has 120 valence electrons. The van der Waals surface area contributed by atoms with E-state index in [0.29, 0.717) is 23.9 Å². The molecule has 0 bridgehead atoms. The molecular formula is C14H22BrClN2O2S. The van der Waals surface area contributed by atoms with Crippen molar-refractivity contribution >= 4 is 38.4 Å². The number of hydrogen-bond donors (Lipinski definition) is 1. The monoisotopic (exact) mass is 396 g/mol. The third-order valence-corrected chi connectivity index (χ3v) is 6.25. The Kier molecular flexibility index (Phi) is 7.13. The highest BCUT2D eigenvalue weighted by Gasteiger charge is 2.30. The molecule has 1 aliphatic heterocycles. The number of halogens is 2. The van der Waals surface area contributed by atoms with Gasteiger partial charge in [0.05, 0.1) is 4.90 Å². The zero-order chi connectivity index (χ0) is 14.8. The van der Waals surface area contributed by atoms with E-state index in [-0.39, 0.29) is 12.4 Å². The van der Waals surface area contributed by atoms with Crippen LogP contribution in [0.3, 0.4) is 0 Å². The van der Waals surface area contributed by atoms with Crippen molar-refractivity contribution in [3.05, 3.63) is 28.2 Å². The molecule has 1 aromatic carbocycles. The van der Waals surface area contributed by atoms with Gasteiger partial charge in [-0.25, -0.2) is 8.42 Å². The summed E-state index contributed by atoms with van der Waals surface area (Å²) in [7, 11) is -1.47. The van der Waals surface area contributed by atoms with Crippen molar-refractivity contribution in [3.8, 4) is 0 Å². The van der Waals surface area contributed by atoms with Crippen LogP contribution in [0.5, 0.6) is 0 Å². The Balaban J connectivity index is 0.00000220. The van der Waals surface area contributed by atoms with E-state index in [1.54, 1.807) is 16.4 Å². The van der Waals surface area contributed by atoms with Gasteiger partial charge in [0.25, 0.3) is 0 Å². The highest BCUT2D eigenvalue weighted by molar-refractivity contribution is 9.10. The van der Waals surface area contributed by atoms with E-state index in [9.17, 15) is 8.42 Å². The Bertz CT molecular complexity index is 578. The molecule has 1 aliphatic rings. The van der Waals surface area contributed by atoms with E-state index in [0.717, 1.165) is 29.4 Å². The molecule has 0 amide bonds. The lowest BCUT2D eigenvalue weighted by molar-refractivity contribution is 0.263. The topological polar surface area (TPSA) is 49.4 Å². The summed E-state index contributed by atoms with van der Waals surface area (Å²) in [5.41, 5.74) is 0.787. The SMILES string of the molecule is CNCC1CCCN(S(=O)(=O)c2ccc(Br)cc2C)C1.Cl. The van der Waals surface area contributed by atoms with Crippen molar-refractivity contribution in [1.82, 2.24) is 9.62 Å². The second-order valence-corrected chi connectivity index (χ2v) is 8.16. The number of rotatable bonds is 4. The number of nitrogens with one attached hydrogen (secondary N) is 1. The van der Waals surface area contributed by atoms with Gasteiger partial charge in [0, 0.05) is 17.6 Å². The lowest BCUT2D eigenvalue weighted by Crippen LogP contribution is -2.42. The van der Waals surface area contributed by atoms with Gasteiger partial charge in [0.15, 0.2) is 0 Å². The molecule has 4 nitrogen and oxygen atoms in total. The summed E-state index contributed by atoms with van der Waals surface area (Å²) in [6.45, 7) is 3.94. The summed E-state index contributed by atoms with van der Waals surface area (Å²) in [5, 5.41) is 3.14. The van der Waals surface area contributed by atoms with Crippen LogP contribution < -0.4 is 5.32 Å². The summed E-state index contributed by atoms with van der Waals surface area (Å²) in [6.07, 6.45) is 2.02. The van der Waals surface area contributed by atoms with Crippen molar-refractivity contribution in [2.24, 2.45) is 5.92 Å². The van der Waals surface area contributed by atoms with Crippen molar-refractivity contribution in [1.29, 1.82) is 0 Å². The summed E-state index contributed by atoms with van der Waals surface area (Å²) in [5.74, 6) is 0.402. The van der Waals surface area contributed by atoms with Crippen molar-refractivity contribution in [2.45, 2.75) is 24.7 Å². The number of piperidine rings is 1. The number of aryl methyl sites for hydroxylation is 1. The maximum atomic E-state index is 12.8. The third-order valence-electron chi connectivity index (χ3n) is 3.73. The van der Waals surface area contributed by atoms with Crippen LogP contribution in [-0.2, 0) is 10.0 Å². The second-order valence-electron chi connectivity index (χ2n) is 5.34. The maximum Gasteiger partial charge on any atom is 0.243 e. The van der Waals surface area contributed by atoms with Gasteiger partial charge >= 0.3 is 0 Å². The predicted octanol–water partition coefficient (Wildman–Crippen LogP) is 2.80. The fourth-order valence-electron chi connectivity index (χ4n) is 2.74. The molecule has 0 saturated carbocycles. The van der Waals surface area contributed by atoms with Gasteiger partial charge in [-0.05, 0) is 63.0 Å². The van der Waals surface area contributed by atoms with E-state index in [1.807, 2.05) is 20.0 Å². The Morgan fingerprint density at radius 2 is 2.14 bits per heavy atom. The van der Waals surface area contributed by atoms with Gasteiger partial charge in [0.2, 0.25) is 10.0 Å². The quantitative estimate of drug-likeness (QED) is 0.850. The third kappa shape index (κ3) is 4.42.